The average Bonchev–Trinajstić information content (AvgIpc) is 2.36. The summed E-state index contributed by atoms with van der Waals surface area (Å²) in [4.78, 5) is 10.7. The van der Waals surface area contributed by atoms with Gasteiger partial charge in [0.05, 0.1) is 12.4 Å². The number of methoxy groups -OCH3 is 1. The van der Waals surface area contributed by atoms with Gasteiger partial charge >= 0.3 is 0 Å². The standard InChI is InChI=1S/C14H16O3S/c1-12(15)18-11-3-4-13-5-7-14(8-6-13)17-10-9-16-2/h5-8H,9-11H2,1-2H3. The summed E-state index contributed by atoms with van der Waals surface area (Å²) < 4.78 is 10.3. The summed E-state index contributed by atoms with van der Waals surface area (Å²) >= 11 is 1.22. The van der Waals surface area contributed by atoms with Crippen molar-refractivity contribution in [1.29, 1.82) is 0 Å². The van der Waals surface area contributed by atoms with E-state index in [-0.39, 0.29) is 5.12 Å². The quantitative estimate of drug-likeness (QED) is 0.604. The van der Waals surface area contributed by atoms with Crippen LogP contribution in [0.1, 0.15) is 12.5 Å². The van der Waals surface area contributed by atoms with Crippen LogP contribution in [0.25, 0.3) is 0 Å². The lowest BCUT2D eigenvalue weighted by Gasteiger charge is -2.04. The fourth-order valence-corrected chi connectivity index (χ4v) is 1.50. The molecular weight excluding hydrogens is 248 g/mol. The van der Waals surface area contributed by atoms with Gasteiger partial charge in [-0.1, -0.05) is 23.6 Å². The number of rotatable bonds is 5. The average molecular weight is 264 g/mol. The fourth-order valence-electron chi connectivity index (χ4n) is 1.15. The van der Waals surface area contributed by atoms with Gasteiger partial charge in [0.1, 0.15) is 12.4 Å². The van der Waals surface area contributed by atoms with Crippen molar-refractivity contribution in [3.63, 3.8) is 0 Å². The van der Waals surface area contributed by atoms with Crippen molar-refractivity contribution >= 4 is 16.9 Å². The molecule has 0 atom stereocenters. The predicted molar refractivity (Wildman–Crippen MR) is 73.8 cm³/mol. The highest BCUT2D eigenvalue weighted by atomic mass is 32.2. The van der Waals surface area contributed by atoms with Crippen molar-refractivity contribution < 1.29 is 14.3 Å². The van der Waals surface area contributed by atoms with Gasteiger partial charge in [-0.05, 0) is 24.3 Å². The monoisotopic (exact) mass is 264 g/mol. The Hall–Kier alpha value is -1.44. The highest BCUT2D eigenvalue weighted by Gasteiger charge is 1.93. The third-order valence-electron chi connectivity index (χ3n) is 1.99. The van der Waals surface area contributed by atoms with Crippen LogP contribution in [0.3, 0.4) is 0 Å². The molecule has 0 fully saturated rings. The molecule has 0 spiro atoms. The Kier molecular flexibility index (Phi) is 7.00. The Morgan fingerprint density at radius 1 is 1.28 bits per heavy atom. The second-order valence-corrected chi connectivity index (χ2v) is 4.60. The first-order valence-corrected chi connectivity index (χ1v) is 6.55. The maximum Gasteiger partial charge on any atom is 0.186 e. The third kappa shape index (κ3) is 6.33. The van der Waals surface area contributed by atoms with Crippen LogP contribution in [0.2, 0.25) is 0 Å². The highest BCUT2D eigenvalue weighted by Crippen LogP contribution is 2.11. The van der Waals surface area contributed by atoms with Crippen molar-refractivity contribution in [3.8, 4) is 17.6 Å². The van der Waals surface area contributed by atoms with Gasteiger partial charge in [-0.2, -0.15) is 0 Å². The van der Waals surface area contributed by atoms with Gasteiger partial charge < -0.3 is 9.47 Å². The van der Waals surface area contributed by atoms with Gasteiger partial charge in [0.15, 0.2) is 5.12 Å². The van der Waals surface area contributed by atoms with Crippen LogP contribution in [-0.4, -0.2) is 31.2 Å². The second kappa shape index (κ2) is 8.62. The van der Waals surface area contributed by atoms with Crippen molar-refractivity contribution in [3.05, 3.63) is 29.8 Å². The Labute approximate surface area is 112 Å². The molecule has 0 saturated heterocycles. The molecule has 4 heteroatoms. The molecule has 0 radical (unpaired) electrons. The lowest BCUT2D eigenvalue weighted by molar-refractivity contribution is -0.109. The van der Waals surface area contributed by atoms with Crippen molar-refractivity contribution in [2.45, 2.75) is 6.92 Å². The number of ether oxygens (including phenoxy) is 2. The van der Waals surface area contributed by atoms with E-state index in [0.717, 1.165) is 11.3 Å². The molecule has 0 aliphatic rings. The molecule has 3 nitrogen and oxygen atoms in total. The Balaban J connectivity index is 2.42. The molecule has 0 amide bonds. The smallest absolute Gasteiger partial charge is 0.186 e. The second-order valence-electron chi connectivity index (χ2n) is 3.45. The van der Waals surface area contributed by atoms with Crippen LogP contribution in [0.15, 0.2) is 24.3 Å². The molecule has 96 valence electrons. The summed E-state index contributed by atoms with van der Waals surface area (Å²) in [6.07, 6.45) is 0. The summed E-state index contributed by atoms with van der Waals surface area (Å²) in [5.74, 6) is 7.26. The van der Waals surface area contributed by atoms with Crippen molar-refractivity contribution in [2.24, 2.45) is 0 Å². The number of benzene rings is 1. The Morgan fingerprint density at radius 3 is 2.61 bits per heavy atom. The number of thioether (sulfide) groups is 1. The minimum Gasteiger partial charge on any atom is -0.491 e. The van der Waals surface area contributed by atoms with Crippen LogP contribution in [-0.2, 0) is 9.53 Å². The minimum atomic E-state index is 0.0891. The van der Waals surface area contributed by atoms with E-state index in [1.54, 1.807) is 14.0 Å². The van der Waals surface area contributed by atoms with E-state index in [0.29, 0.717) is 19.0 Å². The zero-order chi connectivity index (χ0) is 13.2. The van der Waals surface area contributed by atoms with Crippen LogP contribution in [0.5, 0.6) is 5.75 Å². The van der Waals surface area contributed by atoms with E-state index >= 15 is 0 Å². The van der Waals surface area contributed by atoms with E-state index in [4.69, 9.17) is 9.47 Å². The van der Waals surface area contributed by atoms with E-state index in [1.807, 2.05) is 24.3 Å². The minimum absolute atomic E-state index is 0.0891. The lowest BCUT2D eigenvalue weighted by atomic mass is 10.2. The van der Waals surface area contributed by atoms with E-state index in [1.165, 1.54) is 11.8 Å². The Morgan fingerprint density at radius 2 is 2.00 bits per heavy atom. The molecule has 1 aromatic carbocycles. The summed E-state index contributed by atoms with van der Waals surface area (Å²) in [5.41, 5.74) is 0.915. The van der Waals surface area contributed by atoms with Crippen LogP contribution < -0.4 is 4.74 Å². The molecule has 0 N–H and O–H groups in total. The summed E-state index contributed by atoms with van der Waals surface area (Å²) in [5, 5.41) is 0.0891. The molecule has 1 rings (SSSR count). The SMILES string of the molecule is COCCOc1ccc(C#CCSC(C)=O)cc1. The van der Waals surface area contributed by atoms with Gasteiger partial charge in [0.25, 0.3) is 0 Å². The normalized spacial score (nSPS) is 9.44. The maximum absolute atomic E-state index is 10.7. The molecule has 1 aromatic rings. The van der Waals surface area contributed by atoms with Crippen LogP contribution in [0.4, 0.5) is 0 Å². The van der Waals surface area contributed by atoms with Crippen LogP contribution >= 0.6 is 11.8 Å². The maximum atomic E-state index is 10.7. The van der Waals surface area contributed by atoms with E-state index < -0.39 is 0 Å². The molecule has 0 heterocycles. The molecule has 0 aliphatic heterocycles. The summed E-state index contributed by atoms with van der Waals surface area (Å²) in [7, 11) is 1.64. The molecule has 0 bridgehead atoms. The number of carbonyl (C=O) groups is 1. The van der Waals surface area contributed by atoms with Gasteiger partial charge in [-0.15, -0.1) is 0 Å². The third-order valence-corrected chi connectivity index (χ3v) is 2.69. The topological polar surface area (TPSA) is 35.5 Å². The van der Waals surface area contributed by atoms with Gasteiger partial charge in [0, 0.05) is 19.6 Å². The van der Waals surface area contributed by atoms with Crippen LogP contribution in [0, 0.1) is 11.8 Å². The molecule has 0 saturated carbocycles. The largest absolute Gasteiger partial charge is 0.491 e. The first-order chi connectivity index (χ1) is 8.72. The van der Waals surface area contributed by atoms with Gasteiger partial charge in [0.2, 0.25) is 0 Å². The number of hydrogen-bond donors (Lipinski definition) is 0. The Bertz CT molecular complexity index is 429. The molecule has 18 heavy (non-hydrogen) atoms. The zero-order valence-corrected chi connectivity index (χ0v) is 11.4. The highest BCUT2D eigenvalue weighted by molar-refractivity contribution is 8.13. The number of hydrogen-bond acceptors (Lipinski definition) is 4. The van der Waals surface area contributed by atoms with Gasteiger partial charge in [-0.25, -0.2) is 0 Å². The van der Waals surface area contributed by atoms with Gasteiger partial charge in [-0.3, -0.25) is 4.79 Å². The lowest BCUT2D eigenvalue weighted by Crippen LogP contribution is -2.03. The number of carbonyl (C=O) groups excluding carboxylic acids is 1. The van der Waals surface area contributed by atoms with E-state index in [9.17, 15) is 4.79 Å². The zero-order valence-electron chi connectivity index (χ0n) is 10.6. The first-order valence-electron chi connectivity index (χ1n) is 5.56. The summed E-state index contributed by atoms with van der Waals surface area (Å²) in [6, 6.07) is 7.54. The first kappa shape index (κ1) is 14.6. The predicted octanol–water partition coefficient (Wildman–Crippen LogP) is 2.34. The van der Waals surface area contributed by atoms with Crippen molar-refractivity contribution in [2.75, 3.05) is 26.1 Å². The molecule has 0 aliphatic carbocycles. The summed E-state index contributed by atoms with van der Waals surface area (Å²) in [6.45, 7) is 2.65. The molecule has 0 aromatic heterocycles. The van der Waals surface area contributed by atoms with Crippen molar-refractivity contribution in [1.82, 2.24) is 0 Å². The molecular formula is C14H16O3S. The fraction of sp³-hybridized carbons (Fsp3) is 0.357. The van der Waals surface area contributed by atoms with E-state index in [2.05, 4.69) is 11.8 Å². The molecule has 0 unspecified atom stereocenters.